The molecule has 0 atom stereocenters. The summed E-state index contributed by atoms with van der Waals surface area (Å²) < 4.78 is 1.42. The molecule has 6 rings (SSSR count). The average Bonchev–Trinajstić information content (AvgIpc) is 3.52. The first-order valence-corrected chi connectivity index (χ1v) is 12.6. The molecule has 2 amide bonds. The number of fused-ring (bicyclic) bond motifs is 2. The van der Waals surface area contributed by atoms with Crippen LogP contribution in [0.3, 0.4) is 0 Å². The van der Waals surface area contributed by atoms with E-state index < -0.39 is 11.5 Å². The van der Waals surface area contributed by atoms with E-state index in [2.05, 4.69) is 15.4 Å². The predicted molar refractivity (Wildman–Crippen MR) is 144 cm³/mol. The molecule has 5 aromatic rings. The number of amides is 2. The highest BCUT2D eigenvalue weighted by molar-refractivity contribution is 7.15. The smallest absolute Gasteiger partial charge is 0.291 e. The van der Waals surface area contributed by atoms with Crippen LogP contribution in [0.15, 0.2) is 77.6 Å². The quantitative estimate of drug-likeness (QED) is 0.366. The van der Waals surface area contributed by atoms with Crippen LogP contribution < -0.4 is 20.3 Å². The topological polar surface area (TPSA) is 96.7 Å². The number of nitrogens with one attached hydrogen (secondary N) is 1. The van der Waals surface area contributed by atoms with Crippen LogP contribution in [0.25, 0.3) is 21.9 Å². The van der Waals surface area contributed by atoms with Crippen LogP contribution >= 0.6 is 34.5 Å². The maximum atomic E-state index is 13.6. The van der Waals surface area contributed by atoms with Gasteiger partial charge in [0.1, 0.15) is 11.1 Å². The lowest BCUT2D eigenvalue weighted by atomic mass is 10.1. The molecule has 0 saturated heterocycles. The Hall–Kier alpha value is -4.05. The predicted octanol–water partition coefficient (Wildman–Crippen LogP) is 4.03. The number of carbonyl (C=O) groups excluding carboxylic acids is 2. The van der Waals surface area contributed by atoms with E-state index in [1.165, 1.54) is 9.42 Å². The van der Waals surface area contributed by atoms with Crippen molar-refractivity contribution in [2.45, 2.75) is 0 Å². The molecule has 8 nitrogen and oxygen atoms in total. The largest absolute Gasteiger partial charge is 0.325 e. The fraction of sp³-hybridized carbons (Fsp3) is 0.0385. The van der Waals surface area contributed by atoms with Gasteiger partial charge in [-0.2, -0.15) is 9.50 Å². The van der Waals surface area contributed by atoms with E-state index in [0.717, 1.165) is 11.3 Å². The van der Waals surface area contributed by atoms with Gasteiger partial charge < -0.3 is 5.32 Å². The van der Waals surface area contributed by atoms with E-state index in [1.807, 2.05) is 0 Å². The second kappa shape index (κ2) is 9.11. The Bertz CT molecular complexity index is 1810. The van der Waals surface area contributed by atoms with Crippen molar-refractivity contribution in [1.82, 2.24) is 14.6 Å². The molecule has 182 valence electrons. The molecular formula is C26H15Cl2N5O3S. The Morgan fingerprint density at radius 3 is 2.30 bits per heavy atom. The number of para-hydroxylation sites is 1. The molecule has 0 radical (unpaired) electrons. The number of hydrogen-bond acceptors (Lipinski definition) is 6. The molecule has 2 aromatic heterocycles. The van der Waals surface area contributed by atoms with Gasteiger partial charge in [0, 0.05) is 26.9 Å². The van der Waals surface area contributed by atoms with E-state index in [9.17, 15) is 14.4 Å². The van der Waals surface area contributed by atoms with Crippen LogP contribution in [0.5, 0.6) is 0 Å². The van der Waals surface area contributed by atoms with Gasteiger partial charge in [-0.15, -0.1) is 5.10 Å². The Kier molecular flexibility index (Phi) is 5.75. The number of benzene rings is 3. The van der Waals surface area contributed by atoms with Gasteiger partial charge in [0.05, 0.1) is 11.3 Å². The SMILES string of the molecule is O=C(CN1C(=O)/C(=c2\sc3nc(-c4ccc(Cl)cc4)nn3c2=O)c2ccccc21)Nc1ccc(Cl)cc1. The summed E-state index contributed by atoms with van der Waals surface area (Å²) in [5, 5.41) is 8.25. The first-order chi connectivity index (χ1) is 17.9. The van der Waals surface area contributed by atoms with Crippen LogP contribution in [0.4, 0.5) is 11.4 Å². The minimum atomic E-state index is -0.446. The number of thiazole rings is 1. The maximum absolute atomic E-state index is 13.6. The molecule has 0 unspecified atom stereocenters. The molecule has 11 heteroatoms. The second-order valence-corrected chi connectivity index (χ2v) is 10.1. The molecule has 3 aromatic carbocycles. The molecule has 0 saturated carbocycles. The Morgan fingerprint density at radius 2 is 1.59 bits per heavy atom. The third-order valence-electron chi connectivity index (χ3n) is 5.84. The summed E-state index contributed by atoms with van der Waals surface area (Å²) in [6, 6.07) is 20.7. The number of nitrogens with zero attached hydrogens (tertiary/aromatic N) is 4. The van der Waals surface area contributed by atoms with Crippen LogP contribution in [0.2, 0.25) is 10.0 Å². The van der Waals surface area contributed by atoms with E-state index in [1.54, 1.807) is 72.8 Å². The zero-order chi connectivity index (χ0) is 25.7. The standard InChI is InChI=1S/C26H15Cl2N5O3S/c27-15-7-5-14(6-8-15)23-30-26-33(31-23)25(36)22(37-26)21-18-3-1-2-4-19(18)32(24(21)35)13-20(34)29-17-11-9-16(28)10-12-17/h1-12H,13H2,(H,29,34)/b22-21-. The van der Waals surface area contributed by atoms with Gasteiger partial charge in [-0.1, -0.05) is 52.7 Å². The average molecular weight is 548 g/mol. The number of rotatable bonds is 4. The van der Waals surface area contributed by atoms with Crippen molar-refractivity contribution >= 4 is 68.3 Å². The van der Waals surface area contributed by atoms with Crippen molar-refractivity contribution in [3.8, 4) is 11.4 Å². The zero-order valence-corrected chi connectivity index (χ0v) is 21.1. The molecule has 0 fully saturated rings. The van der Waals surface area contributed by atoms with Gasteiger partial charge in [0.2, 0.25) is 10.9 Å². The minimum Gasteiger partial charge on any atom is -0.325 e. The first-order valence-electron chi connectivity index (χ1n) is 11.1. The lowest BCUT2D eigenvalue weighted by Gasteiger charge is -2.16. The highest BCUT2D eigenvalue weighted by atomic mass is 35.5. The highest BCUT2D eigenvalue weighted by Gasteiger charge is 2.35. The second-order valence-electron chi connectivity index (χ2n) is 8.21. The normalized spacial score (nSPS) is 14.3. The summed E-state index contributed by atoms with van der Waals surface area (Å²) >= 11 is 12.9. The molecule has 3 heterocycles. The molecule has 0 bridgehead atoms. The van der Waals surface area contributed by atoms with E-state index in [-0.39, 0.29) is 22.6 Å². The Morgan fingerprint density at radius 1 is 0.919 bits per heavy atom. The number of anilines is 2. The van der Waals surface area contributed by atoms with Crippen LogP contribution in [-0.4, -0.2) is 33.0 Å². The van der Waals surface area contributed by atoms with Gasteiger partial charge in [-0.05, 0) is 54.6 Å². The molecule has 0 spiro atoms. The monoisotopic (exact) mass is 547 g/mol. The molecule has 1 aliphatic heterocycles. The summed E-state index contributed by atoms with van der Waals surface area (Å²) in [5.41, 5.74) is 2.18. The summed E-state index contributed by atoms with van der Waals surface area (Å²) in [6.45, 7) is -0.225. The lowest BCUT2D eigenvalue weighted by Crippen LogP contribution is -2.37. The van der Waals surface area contributed by atoms with Crippen LogP contribution in [-0.2, 0) is 9.59 Å². The van der Waals surface area contributed by atoms with Crippen molar-refractivity contribution < 1.29 is 9.59 Å². The molecule has 0 aliphatic carbocycles. The third kappa shape index (κ3) is 4.17. The van der Waals surface area contributed by atoms with E-state index in [0.29, 0.717) is 43.3 Å². The third-order valence-corrected chi connectivity index (χ3v) is 7.37. The van der Waals surface area contributed by atoms with Crippen molar-refractivity contribution in [3.63, 3.8) is 0 Å². The van der Waals surface area contributed by atoms with Gasteiger partial charge in [0.25, 0.3) is 11.5 Å². The van der Waals surface area contributed by atoms with Crippen molar-refractivity contribution in [2.24, 2.45) is 0 Å². The molecule has 1 N–H and O–H groups in total. The fourth-order valence-electron chi connectivity index (χ4n) is 4.14. The van der Waals surface area contributed by atoms with Crippen molar-refractivity contribution in [3.05, 3.63) is 103 Å². The number of aromatic nitrogens is 3. The molecule has 1 aliphatic rings. The molecular weight excluding hydrogens is 533 g/mol. The Balaban J connectivity index is 1.38. The van der Waals surface area contributed by atoms with E-state index in [4.69, 9.17) is 23.2 Å². The minimum absolute atomic E-state index is 0.218. The first kappa shape index (κ1) is 23.4. The molecule has 37 heavy (non-hydrogen) atoms. The maximum Gasteiger partial charge on any atom is 0.291 e. The van der Waals surface area contributed by atoms with Gasteiger partial charge in [-0.25, -0.2) is 0 Å². The van der Waals surface area contributed by atoms with Gasteiger partial charge >= 0.3 is 0 Å². The highest BCUT2D eigenvalue weighted by Crippen LogP contribution is 2.35. The number of halogens is 2. The summed E-state index contributed by atoms with van der Waals surface area (Å²) in [4.78, 5) is 45.9. The number of carbonyl (C=O) groups is 2. The fourth-order valence-corrected chi connectivity index (χ4v) is 5.39. The summed E-state index contributed by atoms with van der Waals surface area (Å²) in [7, 11) is 0. The summed E-state index contributed by atoms with van der Waals surface area (Å²) in [6.07, 6.45) is 0. The Labute approximate surface area is 223 Å². The summed E-state index contributed by atoms with van der Waals surface area (Å²) in [5.74, 6) is -0.438. The van der Waals surface area contributed by atoms with Crippen LogP contribution in [0.1, 0.15) is 5.56 Å². The van der Waals surface area contributed by atoms with Gasteiger partial charge in [0.15, 0.2) is 5.82 Å². The van der Waals surface area contributed by atoms with E-state index >= 15 is 0 Å². The van der Waals surface area contributed by atoms with Crippen molar-refractivity contribution in [1.29, 1.82) is 0 Å². The van der Waals surface area contributed by atoms with Crippen molar-refractivity contribution in [2.75, 3.05) is 16.8 Å². The van der Waals surface area contributed by atoms with Crippen LogP contribution in [0, 0.1) is 0 Å². The zero-order valence-electron chi connectivity index (χ0n) is 18.8. The lowest BCUT2D eigenvalue weighted by molar-refractivity contribution is -0.118. The van der Waals surface area contributed by atoms with Gasteiger partial charge in [-0.3, -0.25) is 19.3 Å². The number of hydrogen-bond donors (Lipinski definition) is 1.